The summed E-state index contributed by atoms with van der Waals surface area (Å²) >= 11 is 0. The molecule has 0 aliphatic rings. The summed E-state index contributed by atoms with van der Waals surface area (Å²) in [6, 6.07) is 11.6. The zero-order valence-corrected chi connectivity index (χ0v) is 14.2. The van der Waals surface area contributed by atoms with Gasteiger partial charge in [-0.3, -0.25) is 30.6 Å². The maximum Gasteiger partial charge on any atom is 0.276 e. The maximum atomic E-state index is 12.0. The molecular weight excluding hydrogens is 354 g/mol. The molecule has 2 amide bonds. The van der Waals surface area contributed by atoms with Crippen molar-refractivity contribution in [1.82, 2.24) is 10.9 Å². The van der Waals surface area contributed by atoms with Crippen LogP contribution in [0.3, 0.4) is 0 Å². The summed E-state index contributed by atoms with van der Waals surface area (Å²) in [6.45, 7) is 3.53. The van der Waals surface area contributed by atoms with E-state index in [1.807, 2.05) is 0 Å². The average Bonchev–Trinajstić information content (AvgIpc) is 2.69. The van der Waals surface area contributed by atoms with Crippen LogP contribution in [0, 0.1) is 10.1 Å². The first-order valence-electron chi connectivity index (χ1n) is 7.80. The van der Waals surface area contributed by atoms with Crippen LogP contribution in [-0.2, 0) is 4.79 Å². The Labute approximate surface area is 154 Å². The summed E-state index contributed by atoms with van der Waals surface area (Å²) < 4.78 is 10.5. The van der Waals surface area contributed by atoms with Crippen molar-refractivity contribution < 1.29 is 24.0 Å². The molecule has 0 spiro atoms. The molecule has 140 valence electrons. The summed E-state index contributed by atoms with van der Waals surface area (Å²) in [5.41, 5.74) is 4.72. The number of nitrogens with zero attached hydrogens (tertiary/aromatic N) is 1. The second-order valence-electron chi connectivity index (χ2n) is 5.17. The summed E-state index contributed by atoms with van der Waals surface area (Å²) in [7, 11) is 0. The van der Waals surface area contributed by atoms with Crippen molar-refractivity contribution in [2.45, 2.75) is 0 Å². The Morgan fingerprint density at radius 1 is 1.00 bits per heavy atom. The number of hydrogen-bond acceptors (Lipinski definition) is 6. The van der Waals surface area contributed by atoms with E-state index in [0.717, 1.165) is 0 Å². The minimum absolute atomic E-state index is 0.0834. The Hall–Kier alpha value is -3.88. The van der Waals surface area contributed by atoms with Crippen LogP contribution >= 0.6 is 0 Å². The van der Waals surface area contributed by atoms with Crippen LogP contribution in [-0.4, -0.2) is 30.0 Å². The van der Waals surface area contributed by atoms with E-state index in [1.165, 1.54) is 24.3 Å². The van der Waals surface area contributed by atoms with E-state index in [2.05, 4.69) is 17.4 Å². The average molecular weight is 371 g/mol. The second kappa shape index (κ2) is 9.56. The zero-order valence-electron chi connectivity index (χ0n) is 14.2. The third-order valence-electron chi connectivity index (χ3n) is 3.22. The van der Waals surface area contributed by atoms with Crippen LogP contribution in [0.4, 0.5) is 5.69 Å². The van der Waals surface area contributed by atoms with E-state index in [-0.39, 0.29) is 18.0 Å². The van der Waals surface area contributed by atoms with Crippen LogP contribution in [0.2, 0.25) is 0 Å². The summed E-state index contributed by atoms with van der Waals surface area (Å²) in [6.07, 6.45) is 1.61. The van der Waals surface area contributed by atoms with E-state index >= 15 is 0 Å². The lowest BCUT2D eigenvalue weighted by Crippen LogP contribution is -2.43. The highest BCUT2D eigenvalue weighted by Crippen LogP contribution is 2.17. The number of nitrogens with one attached hydrogen (secondary N) is 2. The van der Waals surface area contributed by atoms with Gasteiger partial charge in [-0.25, -0.2) is 0 Å². The van der Waals surface area contributed by atoms with Crippen LogP contribution in [0.5, 0.6) is 11.5 Å². The number of benzene rings is 2. The van der Waals surface area contributed by atoms with Gasteiger partial charge in [0.2, 0.25) is 0 Å². The number of nitro groups is 1. The Balaban J connectivity index is 1.76. The van der Waals surface area contributed by atoms with Crippen LogP contribution < -0.4 is 20.3 Å². The van der Waals surface area contributed by atoms with Gasteiger partial charge in [0.25, 0.3) is 17.5 Å². The number of ether oxygens (including phenoxy) is 2. The lowest BCUT2D eigenvalue weighted by atomic mass is 10.2. The van der Waals surface area contributed by atoms with Crippen molar-refractivity contribution in [2.24, 2.45) is 0 Å². The molecule has 9 heteroatoms. The number of carbonyl (C=O) groups is 2. The molecule has 0 bridgehead atoms. The standard InChI is InChI=1S/C18H17N3O6/c1-2-11-26-15-7-3-13(4-8-15)18(23)20-19-17(22)12-27-16-9-5-14(6-10-16)21(24)25/h2-10H,1,11-12H2,(H,19,22)(H,20,23). The van der Waals surface area contributed by atoms with Crippen LogP contribution in [0.15, 0.2) is 61.2 Å². The predicted octanol–water partition coefficient (Wildman–Crippen LogP) is 2.00. The van der Waals surface area contributed by atoms with E-state index in [0.29, 0.717) is 17.9 Å². The molecule has 0 saturated carbocycles. The lowest BCUT2D eigenvalue weighted by molar-refractivity contribution is -0.384. The molecule has 0 aliphatic carbocycles. The van der Waals surface area contributed by atoms with Gasteiger partial charge in [0.05, 0.1) is 4.92 Å². The maximum absolute atomic E-state index is 12.0. The van der Waals surface area contributed by atoms with Crippen molar-refractivity contribution in [2.75, 3.05) is 13.2 Å². The third kappa shape index (κ3) is 6.16. The molecule has 9 nitrogen and oxygen atoms in total. The molecule has 2 rings (SSSR count). The molecule has 0 unspecified atom stereocenters. The van der Waals surface area contributed by atoms with Gasteiger partial charge in [-0.15, -0.1) is 0 Å². The fourth-order valence-electron chi connectivity index (χ4n) is 1.91. The highest BCUT2D eigenvalue weighted by molar-refractivity contribution is 5.95. The number of non-ortho nitro benzene ring substituents is 1. The first-order chi connectivity index (χ1) is 13.0. The first-order valence-corrected chi connectivity index (χ1v) is 7.80. The first kappa shape index (κ1) is 19.4. The van der Waals surface area contributed by atoms with Gasteiger partial charge in [0, 0.05) is 17.7 Å². The van der Waals surface area contributed by atoms with E-state index < -0.39 is 16.7 Å². The Morgan fingerprint density at radius 2 is 1.59 bits per heavy atom. The topological polar surface area (TPSA) is 120 Å². The molecule has 0 radical (unpaired) electrons. The Morgan fingerprint density at radius 3 is 2.19 bits per heavy atom. The van der Waals surface area contributed by atoms with Gasteiger partial charge in [-0.1, -0.05) is 12.7 Å². The van der Waals surface area contributed by atoms with Crippen molar-refractivity contribution in [3.8, 4) is 11.5 Å². The Bertz CT molecular complexity index is 818. The zero-order chi connectivity index (χ0) is 19.6. The Kier molecular flexibility index (Phi) is 6.89. The monoisotopic (exact) mass is 371 g/mol. The van der Waals surface area contributed by atoms with Crippen molar-refractivity contribution >= 4 is 17.5 Å². The van der Waals surface area contributed by atoms with Crippen LogP contribution in [0.25, 0.3) is 0 Å². The number of amides is 2. The summed E-state index contributed by atoms with van der Waals surface area (Å²) in [4.78, 5) is 33.7. The molecule has 27 heavy (non-hydrogen) atoms. The second-order valence-corrected chi connectivity index (χ2v) is 5.17. The third-order valence-corrected chi connectivity index (χ3v) is 3.22. The molecule has 0 heterocycles. The smallest absolute Gasteiger partial charge is 0.276 e. The highest BCUT2D eigenvalue weighted by Gasteiger charge is 2.09. The largest absolute Gasteiger partial charge is 0.490 e. The van der Waals surface area contributed by atoms with Crippen molar-refractivity contribution in [1.29, 1.82) is 0 Å². The number of nitro benzene ring substituents is 1. The lowest BCUT2D eigenvalue weighted by Gasteiger charge is -2.09. The van der Waals surface area contributed by atoms with E-state index in [1.54, 1.807) is 30.3 Å². The van der Waals surface area contributed by atoms with Gasteiger partial charge in [0.1, 0.15) is 18.1 Å². The van der Waals surface area contributed by atoms with Crippen molar-refractivity contribution in [3.05, 3.63) is 76.9 Å². The van der Waals surface area contributed by atoms with E-state index in [4.69, 9.17) is 9.47 Å². The number of carbonyl (C=O) groups excluding carboxylic acids is 2. The van der Waals surface area contributed by atoms with Crippen molar-refractivity contribution in [3.63, 3.8) is 0 Å². The SMILES string of the molecule is C=CCOc1ccc(C(=O)NNC(=O)COc2ccc([N+](=O)[O-])cc2)cc1. The fourth-order valence-corrected chi connectivity index (χ4v) is 1.91. The van der Waals surface area contributed by atoms with Gasteiger partial charge in [0.15, 0.2) is 6.61 Å². The molecular formula is C18H17N3O6. The van der Waals surface area contributed by atoms with Gasteiger partial charge < -0.3 is 9.47 Å². The number of hydrogen-bond donors (Lipinski definition) is 2. The van der Waals surface area contributed by atoms with Gasteiger partial charge >= 0.3 is 0 Å². The summed E-state index contributed by atoms with van der Waals surface area (Å²) in [5, 5.41) is 10.6. The normalized spacial score (nSPS) is 9.78. The molecule has 2 N–H and O–H groups in total. The number of rotatable bonds is 8. The molecule has 0 fully saturated rings. The van der Waals surface area contributed by atoms with Gasteiger partial charge in [-0.2, -0.15) is 0 Å². The minimum Gasteiger partial charge on any atom is -0.490 e. The molecule has 0 atom stereocenters. The summed E-state index contributed by atoms with van der Waals surface area (Å²) in [5.74, 6) is -0.217. The predicted molar refractivity (Wildman–Crippen MR) is 96.3 cm³/mol. The molecule has 0 aromatic heterocycles. The molecule has 0 saturated heterocycles. The van der Waals surface area contributed by atoms with E-state index in [9.17, 15) is 19.7 Å². The minimum atomic E-state index is -0.590. The van der Waals surface area contributed by atoms with Crippen LogP contribution in [0.1, 0.15) is 10.4 Å². The van der Waals surface area contributed by atoms with Gasteiger partial charge in [-0.05, 0) is 36.4 Å². The number of hydrazine groups is 1. The molecule has 2 aromatic rings. The quantitative estimate of drug-likeness (QED) is 0.416. The molecule has 2 aromatic carbocycles. The fraction of sp³-hybridized carbons (Fsp3) is 0.111. The molecule has 0 aliphatic heterocycles. The highest BCUT2D eigenvalue weighted by atomic mass is 16.6.